The zero-order valence-corrected chi connectivity index (χ0v) is 17.0. The number of hydrogen-bond acceptors (Lipinski definition) is 6. The molecule has 0 atom stereocenters. The number of anilines is 2. The maximum absolute atomic E-state index is 12.4. The first kappa shape index (κ1) is 20.1. The Hall–Kier alpha value is -4.22. The maximum atomic E-state index is 12.4. The van der Waals surface area contributed by atoms with Crippen LogP contribution < -0.4 is 10.6 Å². The lowest BCUT2D eigenvalue weighted by Gasteiger charge is -2.04. The molecule has 3 aromatic heterocycles. The highest BCUT2D eigenvalue weighted by atomic mass is 32.1. The van der Waals surface area contributed by atoms with Gasteiger partial charge in [0, 0.05) is 22.8 Å². The topological polar surface area (TPSA) is 97.1 Å². The van der Waals surface area contributed by atoms with Crippen molar-refractivity contribution in [3.05, 3.63) is 95.1 Å². The second-order valence-electron chi connectivity index (χ2n) is 6.35. The van der Waals surface area contributed by atoms with Gasteiger partial charge in [0.15, 0.2) is 10.9 Å². The average Bonchev–Trinajstić information content (AvgIpc) is 3.46. The number of benzene rings is 1. The largest absolute Gasteiger partial charge is 0.459 e. The molecule has 0 aliphatic rings. The van der Waals surface area contributed by atoms with E-state index in [2.05, 4.69) is 32.4 Å². The first-order valence-corrected chi connectivity index (χ1v) is 10.2. The number of thiazole rings is 1. The van der Waals surface area contributed by atoms with Gasteiger partial charge in [-0.3, -0.25) is 14.9 Å². The van der Waals surface area contributed by atoms with Gasteiger partial charge in [0.1, 0.15) is 5.69 Å². The van der Waals surface area contributed by atoms with Crippen LogP contribution in [-0.2, 0) is 11.2 Å². The van der Waals surface area contributed by atoms with Gasteiger partial charge in [-0.15, -0.1) is 11.3 Å². The van der Waals surface area contributed by atoms with Crippen molar-refractivity contribution < 1.29 is 14.0 Å². The van der Waals surface area contributed by atoms with Crippen LogP contribution in [0.2, 0.25) is 0 Å². The SMILES string of the molecule is O=C(Cc1csc(NC(=O)c2ccco2)n1)Nc1cccc(C#Cc2ccccn2)c1. The van der Waals surface area contributed by atoms with Crippen LogP contribution in [0.4, 0.5) is 10.8 Å². The van der Waals surface area contributed by atoms with Gasteiger partial charge in [0.05, 0.1) is 18.4 Å². The number of carbonyl (C=O) groups excluding carboxylic acids is 2. The summed E-state index contributed by atoms with van der Waals surface area (Å²) in [6.45, 7) is 0. The van der Waals surface area contributed by atoms with Crippen molar-refractivity contribution in [2.75, 3.05) is 10.6 Å². The van der Waals surface area contributed by atoms with Crippen molar-refractivity contribution in [3.63, 3.8) is 0 Å². The van der Waals surface area contributed by atoms with E-state index >= 15 is 0 Å². The Morgan fingerprint density at radius 2 is 1.97 bits per heavy atom. The number of aromatic nitrogens is 2. The van der Waals surface area contributed by atoms with Crippen LogP contribution in [-0.4, -0.2) is 21.8 Å². The number of furan rings is 1. The number of nitrogens with zero attached hydrogens (tertiary/aromatic N) is 2. The molecular formula is C23H16N4O3S. The lowest BCUT2D eigenvalue weighted by atomic mass is 10.2. The highest BCUT2D eigenvalue weighted by molar-refractivity contribution is 7.14. The molecule has 3 heterocycles. The molecule has 1 aromatic carbocycles. The van der Waals surface area contributed by atoms with Gasteiger partial charge in [0.2, 0.25) is 5.91 Å². The van der Waals surface area contributed by atoms with E-state index in [-0.39, 0.29) is 24.0 Å². The second-order valence-corrected chi connectivity index (χ2v) is 7.20. The third-order valence-corrected chi connectivity index (χ3v) is 4.81. The molecule has 2 amide bonds. The summed E-state index contributed by atoms with van der Waals surface area (Å²) in [4.78, 5) is 32.8. The van der Waals surface area contributed by atoms with Gasteiger partial charge < -0.3 is 9.73 Å². The van der Waals surface area contributed by atoms with Gasteiger partial charge in [0.25, 0.3) is 5.91 Å². The van der Waals surface area contributed by atoms with E-state index < -0.39 is 0 Å². The van der Waals surface area contributed by atoms with Crippen molar-refractivity contribution in [3.8, 4) is 11.8 Å². The average molecular weight is 428 g/mol. The summed E-state index contributed by atoms with van der Waals surface area (Å²) in [5, 5.41) is 7.61. The molecule has 0 bridgehead atoms. The van der Waals surface area contributed by atoms with Crippen LogP contribution in [0.3, 0.4) is 0 Å². The predicted molar refractivity (Wildman–Crippen MR) is 118 cm³/mol. The molecule has 0 radical (unpaired) electrons. The summed E-state index contributed by atoms with van der Waals surface area (Å²) >= 11 is 1.24. The van der Waals surface area contributed by atoms with Gasteiger partial charge in [-0.1, -0.05) is 18.1 Å². The zero-order valence-electron chi connectivity index (χ0n) is 16.2. The Kier molecular flexibility index (Phi) is 6.16. The molecule has 0 saturated carbocycles. The standard InChI is InChI=1S/C23H16N4O3S/c28-21(14-19-15-31-23(26-19)27-22(29)20-8-4-12-30-20)25-18-7-3-5-16(13-18)9-10-17-6-1-2-11-24-17/h1-8,11-13,15H,14H2,(H,25,28)(H,26,27,29). The summed E-state index contributed by atoms with van der Waals surface area (Å²) < 4.78 is 5.04. The first-order chi connectivity index (χ1) is 15.2. The molecule has 4 aromatic rings. The summed E-state index contributed by atoms with van der Waals surface area (Å²) in [5.41, 5.74) is 2.64. The third kappa shape index (κ3) is 5.65. The fraction of sp³-hybridized carbons (Fsp3) is 0.0435. The van der Waals surface area contributed by atoms with Crippen molar-refractivity contribution >= 4 is 34.0 Å². The van der Waals surface area contributed by atoms with Gasteiger partial charge >= 0.3 is 0 Å². The number of pyridine rings is 1. The van der Waals surface area contributed by atoms with Crippen LogP contribution >= 0.6 is 11.3 Å². The predicted octanol–water partition coefficient (Wildman–Crippen LogP) is 3.96. The van der Waals surface area contributed by atoms with Crippen molar-refractivity contribution in [1.29, 1.82) is 0 Å². The van der Waals surface area contributed by atoms with E-state index in [1.54, 1.807) is 35.8 Å². The van der Waals surface area contributed by atoms with E-state index in [1.165, 1.54) is 17.6 Å². The molecule has 8 heteroatoms. The van der Waals surface area contributed by atoms with Crippen LogP contribution in [0.1, 0.15) is 27.5 Å². The molecule has 0 unspecified atom stereocenters. The minimum atomic E-state index is -0.390. The minimum Gasteiger partial charge on any atom is -0.459 e. The molecular weight excluding hydrogens is 412 g/mol. The van der Waals surface area contributed by atoms with Crippen molar-refractivity contribution in [1.82, 2.24) is 9.97 Å². The number of nitrogens with one attached hydrogen (secondary N) is 2. The first-order valence-electron chi connectivity index (χ1n) is 9.28. The van der Waals surface area contributed by atoms with E-state index in [4.69, 9.17) is 4.42 Å². The van der Waals surface area contributed by atoms with E-state index in [9.17, 15) is 9.59 Å². The molecule has 152 valence electrons. The minimum absolute atomic E-state index is 0.0803. The quantitative estimate of drug-likeness (QED) is 0.469. The summed E-state index contributed by atoms with van der Waals surface area (Å²) in [7, 11) is 0. The van der Waals surface area contributed by atoms with E-state index in [1.807, 2.05) is 30.3 Å². The molecule has 0 fully saturated rings. The summed E-state index contributed by atoms with van der Waals surface area (Å²) in [5.74, 6) is 5.61. The second kappa shape index (κ2) is 9.52. The Bertz CT molecular complexity index is 1250. The number of hydrogen-bond donors (Lipinski definition) is 2. The van der Waals surface area contributed by atoms with E-state index in [0.717, 1.165) is 5.56 Å². The van der Waals surface area contributed by atoms with Crippen LogP contribution in [0.25, 0.3) is 0 Å². The molecule has 0 aliphatic heterocycles. The van der Waals surface area contributed by atoms with Gasteiger partial charge in [-0.05, 0) is 48.4 Å². The zero-order chi connectivity index (χ0) is 21.5. The fourth-order valence-corrected chi connectivity index (χ4v) is 3.33. The highest BCUT2D eigenvalue weighted by Crippen LogP contribution is 2.18. The molecule has 0 aliphatic carbocycles. The Morgan fingerprint density at radius 1 is 1.03 bits per heavy atom. The van der Waals surface area contributed by atoms with Crippen molar-refractivity contribution in [2.24, 2.45) is 0 Å². The van der Waals surface area contributed by atoms with Crippen LogP contribution in [0.5, 0.6) is 0 Å². The van der Waals surface area contributed by atoms with E-state index in [0.29, 0.717) is 22.2 Å². The number of carbonyl (C=O) groups is 2. The molecule has 0 saturated heterocycles. The number of rotatable bonds is 5. The smallest absolute Gasteiger partial charge is 0.293 e. The molecule has 2 N–H and O–H groups in total. The van der Waals surface area contributed by atoms with Gasteiger partial charge in [-0.2, -0.15) is 0 Å². The fourth-order valence-electron chi connectivity index (χ4n) is 2.63. The molecule has 31 heavy (non-hydrogen) atoms. The molecule has 7 nitrogen and oxygen atoms in total. The lowest BCUT2D eigenvalue weighted by Crippen LogP contribution is -2.15. The highest BCUT2D eigenvalue weighted by Gasteiger charge is 2.13. The Morgan fingerprint density at radius 3 is 2.77 bits per heavy atom. The van der Waals surface area contributed by atoms with Gasteiger partial charge in [-0.25, -0.2) is 9.97 Å². The number of amides is 2. The molecule has 0 spiro atoms. The monoisotopic (exact) mass is 428 g/mol. The Balaban J connectivity index is 1.35. The summed E-state index contributed by atoms with van der Waals surface area (Å²) in [6.07, 6.45) is 3.19. The Labute approximate surface area is 182 Å². The lowest BCUT2D eigenvalue weighted by molar-refractivity contribution is -0.115. The third-order valence-electron chi connectivity index (χ3n) is 4.00. The summed E-state index contributed by atoms with van der Waals surface area (Å²) in [6, 6.07) is 16.0. The normalized spacial score (nSPS) is 10.1. The maximum Gasteiger partial charge on any atom is 0.293 e. The van der Waals surface area contributed by atoms with Crippen LogP contribution in [0.15, 0.2) is 76.9 Å². The van der Waals surface area contributed by atoms with Crippen molar-refractivity contribution in [2.45, 2.75) is 6.42 Å². The molecule has 4 rings (SSSR count). The van der Waals surface area contributed by atoms with Crippen LogP contribution in [0, 0.1) is 11.8 Å².